The number of rotatable bonds is 7. The van der Waals surface area contributed by atoms with Gasteiger partial charge in [-0.15, -0.1) is 0 Å². The predicted octanol–water partition coefficient (Wildman–Crippen LogP) is 3.93. The van der Waals surface area contributed by atoms with Crippen LogP contribution in [0.2, 0.25) is 0 Å². The number of carbonyl (C=O) groups is 1. The van der Waals surface area contributed by atoms with E-state index < -0.39 is 21.6 Å². The molecule has 0 fully saturated rings. The van der Waals surface area contributed by atoms with Gasteiger partial charge in [-0.3, -0.25) is 9.52 Å². The molecule has 2 aromatic rings. The zero-order valence-corrected chi connectivity index (χ0v) is 16.2. The van der Waals surface area contributed by atoms with Gasteiger partial charge in [-0.05, 0) is 24.6 Å². The second-order valence-electron chi connectivity index (χ2n) is 6.21. The Hall–Kier alpha value is -2.32. The van der Waals surface area contributed by atoms with Crippen molar-refractivity contribution in [1.29, 1.82) is 0 Å². The topological polar surface area (TPSA) is 91.1 Å². The highest BCUT2D eigenvalue weighted by Gasteiger charge is 2.24. The third-order valence-corrected chi connectivity index (χ3v) is 5.78. The number of halogens is 2. The lowest BCUT2D eigenvalue weighted by Gasteiger charge is -2.13. The summed E-state index contributed by atoms with van der Waals surface area (Å²) in [5, 5.41) is 3.54. The van der Waals surface area contributed by atoms with Crippen LogP contribution in [0.1, 0.15) is 41.3 Å². The number of unbranched alkanes of at least 4 members (excludes halogenated alkanes) is 1. The number of nitrogens with one attached hydrogen (secondary N) is 3. The summed E-state index contributed by atoms with van der Waals surface area (Å²) in [5.41, 5.74) is 0.334. The van der Waals surface area contributed by atoms with Crippen molar-refractivity contribution in [2.45, 2.75) is 19.8 Å². The maximum atomic E-state index is 14.9. The fourth-order valence-corrected chi connectivity index (χ4v) is 4.22. The largest absolute Gasteiger partial charge is 0.366 e. The molecule has 0 radical (unpaired) electrons. The van der Waals surface area contributed by atoms with E-state index in [1.807, 2.05) is 6.92 Å². The van der Waals surface area contributed by atoms with E-state index in [9.17, 15) is 17.6 Å². The van der Waals surface area contributed by atoms with Crippen LogP contribution in [-0.2, 0) is 10.0 Å². The Bertz CT molecular complexity index is 1010. The lowest BCUT2D eigenvalue weighted by atomic mass is 10.00. The number of hydrogen-bond donors (Lipinski definition) is 3. The number of benzene rings is 1. The normalized spacial score (nSPS) is 13.5. The number of anilines is 2. The van der Waals surface area contributed by atoms with Gasteiger partial charge in [0, 0.05) is 22.4 Å². The fourth-order valence-electron chi connectivity index (χ4n) is 2.78. The lowest BCUT2D eigenvalue weighted by molar-refractivity contribution is 0.103. The Kier molecular flexibility index (Phi) is 5.57. The van der Waals surface area contributed by atoms with E-state index in [2.05, 4.69) is 15.0 Å². The van der Waals surface area contributed by atoms with Crippen LogP contribution in [0, 0.1) is 5.82 Å². The first-order chi connectivity index (χ1) is 12.8. The van der Waals surface area contributed by atoms with E-state index in [0.717, 1.165) is 0 Å². The molecule has 144 valence electrons. The Morgan fingerprint density at radius 2 is 2.11 bits per heavy atom. The molecule has 0 atom stereocenters. The van der Waals surface area contributed by atoms with Crippen LogP contribution in [0.15, 0.2) is 29.4 Å². The molecule has 0 aliphatic carbocycles. The highest BCUT2D eigenvalue weighted by molar-refractivity contribution is 7.92. The molecule has 0 saturated carbocycles. The van der Waals surface area contributed by atoms with Gasteiger partial charge in [0.1, 0.15) is 5.82 Å². The number of hydrogen-bond acceptors (Lipinski definition) is 4. The SMILES string of the molecule is CCCCS(=O)(=O)Nc1cccc(C(=O)c2c[nH]c3c2C=C(Cl)CN3)c1F. The molecule has 1 aromatic heterocycles. The van der Waals surface area contributed by atoms with E-state index in [1.165, 1.54) is 24.4 Å². The Balaban J connectivity index is 1.93. The molecule has 0 spiro atoms. The Morgan fingerprint density at radius 1 is 1.33 bits per heavy atom. The highest BCUT2D eigenvalue weighted by Crippen LogP contribution is 2.30. The van der Waals surface area contributed by atoms with Crippen molar-refractivity contribution in [2.75, 3.05) is 22.3 Å². The molecule has 1 aliphatic rings. The second kappa shape index (κ2) is 7.74. The van der Waals surface area contributed by atoms with Gasteiger partial charge in [-0.1, -0.05) is 31.0 Å². The van der Waals surface area contributed by atoms with Gasteiger partial charge in [-0.2, -0.15) is 0 Å². The zero-order chi connectivity index (χ0) is 19.6. The molecule has 3 N–H and O–H groups in total. The quantitative estimate of drug-likeness (QED) is 0.602. The zero-order valence-electron chi connectivity index (χ0n) is 14.6. The first kappa shape index (κ1) is 19.4. The molecule has 0 unspecified atom stereocenters. The fraction of sp³-hybridized carbons (Fsp3) is 0.278. The highest BCUT2D eigenvalue weighted by atomic mass is 35.5. The molecule has 1 aromatic carbocycles. The monoisotopic (exact) mass is 411 g/mol. The van der Waals surface area contributed by atoms with E-state index in [4.69, 9.17) is 11.6 Å². The van der Waals surface area contributed by atoms with Crippen molar-refractivity contribution in [3.05, 3.63) is 51.9 Å². The van der Waals surface area contributed by atoms with Crippen molar-refractivity contribution >= 4 is 45.0 Å². The molecule has 6 nitrogen and oxygen atoms in total. The van der Waals surface area contributed by atoms with Crippen LogP contribution in [0.25, 0.3) is 6.08 Å². The molecule has 27 heavy (non-hydrogen) atoms. The van der Waals surface area contributed by atoms with Crippen LogP contribution < -0.4 is 10.0 Å². The number of aromatic amines is 1. The second-order valence-corrected chi connectivity index (χ2v) is 8.53. The summed E-state index contributed by atoms with van der Waals surface area (Å²) in [6, 6.07) is 4.05. The molecule has 9 heteroatoms. The standard InChI is InChI=1S/C18H19ClFN3O3S/c1-2-3-7-27(25,26)23-15-6-4-5-12(16(15)20)17(24)14-10-22-18-13(14)8-11(19)9-21-18/h4-6,8,10,21-23H,2-3,7,9H2,1H3. The number of H-pyrrole nitrogens is 1. The summed E-state index contributed by atoms with van der Waals surface area (Å²) in [4.78, 5) is 15.8. The van der Waals surface area contributed by atoms with Crippen molar-refractivity contribution in [1.82, 2.24) is 4.98 Å². The Morgan fingerprint density at radius 3 is 2.85 bits per heavy atom. The van der Waals surface area contributed by atoms with Gasteiger partial charge >= 0.3 is 0 Å². The van der Waals surface area contributed by atoms with Gasteiger partial charge in [0.25, 0.3) is 0 Å². The van der Waals surface area contributed by atoms with Gasteiger partial charge < -0.3 is 10.3 Å². The van der Waals surface area contributed by atoms with Crippen molar-refractivity contribution in [3.63, 3.8) is 0 Å². The van der Waals surface area contributed by atoms with Gasteiger partial charge in [0.05, 0.1) is 23.5 Å². The van der Waals surface area contributed by atoms with Crippen LogP contribution in [-0.4, -0.2) is 31.5 Å². The lowest BCUT2D eigenvalue weighted by Crippen LogP contribution is -2.18. The Labute approximate surface area is 161 Å². The molecule has 0 amide bonds. The predicted molar refractivity (Wildman–Crippen MR) is 105 cm³/mol. The van der Waals surface area contributed by atoms with E-state index in [1.54, 1.807) is 6.08 Å². The average molecular weight is 412 g/mol. The van der Waals surface area contributed by atoms with E-state index >= 15 is 0 Å². The molecule has 0 bridgehead atoms. The first-order valence-corrected chi connectivity index (χ1v) is 10.5. The number of aromatic nitrogens is 1. The van der Waals surface area contributed by atoms with Crippen molar-refractivity contribution in [3.8, 4) is 0 Å². The third-order valence-electron chi connectivity index (χ3n) is 4.18. The summed E-state index contributed by atoms with van der Waals surface area (Å²) in [7, 11) is -3.68. The third kappa shape index (κ3) is 4.17. The van der Waals surface area contributed by atoms with E-state index in [-0.39, 0.29) is 22.6 Å². The maximum Gasteiger partial charge on any atom is 0.232 e. The molecule has 2 heterocycles. The smallest absolute Gasteiger partial charge is 0.232 e. The summed E-state index contributed by atoms with van der Waals surface area (Å²) < 4.78 is 41.2. The number of carbonyl (C=O) groups excluding carboxylic acids is 1. The summed E-state index contributed by atoms with van der Waals surface area (Å²) in [6.07, 6.45) is 4.28. The van der Waals surface area contributed by atoms with Crippen LogP contribution in [0.4, 0.5) is 15.9 Å². The van der Waals surface area contributed by atoms with Crippen LogP contribution >= 0.6 is 11.6 Å². The molecule has 1 aliphatic heterocycles. The van der Waals surface area contributed by atoms with Gasteiger partial charge in [0.2, 0.25) is 10.0 Å². The minimum Gasteiger partial charge on any atom is -0.366 e. The van der Waals surface area contributed by atoms with Crippen molar-refractivity contribution < 1.29 is 17.6 Å². The molecule has 0 saturated heterocycles. The van der Waals surface area contributed by atoms with Gasteiger partial charge in [-0.25, -0.2) is 12.8 Å². The number of ketones is 1. The summed E-state index contributed by atoms with van der Waals surface area (Å²) in [5.74, 6) is -0.957. The van der Waals surface area contributed by atoms with Crippen LogP contribution in [0.3, 0.4) is 0 Å². The molecular formula is C18H19ClFN3O3S. The maximum absolute atomic E-state index is 14.9. The summed E-state index contributed by atoms with van der Waals surface area (Å²) >= 11 is 6.02. The van der Waals surface area contributed by atoms with Crippen LogP contribution in [0.5, 0.6) is 0 Å². The summed E-state index contributed by atoms with van der Waals surface area (Å²) in [6.45, 7) is 2.30. The number of sulfonamides is 1. The molecule has 3 rings (SSSR count). The van der Waals surface area contributed by atoms with Crippen molar-refractivity contribution in [2.24, 2.45) is 0 Å². The minimum absolute atomic E-state index is 0.110. The first-order valence-electron chi connectivity index (χ1n) is 8.47. The number of fused-ring (bicyclic) bond motifs is 1. The van der Waals surface area contributed by atoms with Gasteiger partial charge in [0.15, 0.2) is 11.6 Å². The average Bonchev–Trinajstić information content (AvgIpc) is 3.04. The van der Waals surface area contributed by atoms with E-state index in [0.29, 0.717) is 35.8 Å². The molecular weight excluding hydrogens is 393 g/mol. The minimum atomic E-state index is -3.68.